The van der Waals surface area contributed by atoms with Gasteiger partial charge in [0.2, 0.25) is 5.16 Å². The van der Waals surface area contributed by atoms with E-state index < -0.39 is 0 Å². The number of nitrogens with zero attached hydrogens (tertiary/aromatic N) is 4. The first-order chi connectivity index (χ1) is 8.10. The molecule has 0 spiro atoms. The van der Waals surface area contributed by atoms with Crippen LogP contribution in [0.5, 0.6) is 0 Å². The maximum absolute atomic E-state index is 4.48. The largest absolute Gasteiger partial charge is 0.253 e. The predicted molar refractivity (Wildman–Crippen MR) is 70.5 cm³/mol. The highest BCUT2D eigenvalue weighted by Gasteiger charge is 2.11. The number of hydrogen-bond donors (Lipinski definition) is 0. The monoisotopic (exact) mass is 250 g/mol. The first-order valence-electron chi connectivity index (χ1n) is 5.98. The minimum absolute atomic E-state index is 0.554. The molecule has 0 N–H and O–H groups in total. The second-order valence-corrected chi connectivity index (χ2v) is 5.77. The lowest BCUT2D eigenvalue weighted by atomic mass is 10.3. The van der Waals surface area contributed by atoms with Crippen molar-refractivity contribution in [3.8, 4) is 0 Å². The summed E-state index contributed by atoms with van der Waals surface area (Å²) in [7, 11) is 0. The summed E-state index contributed by atoms with van der Waals surface area (Å²) in [6, 6.07) is 2.02. The van der Waals surface area contributed by atoms with Crippen LogP contribution in [0.4, 0.5) is 0 Å². The molecule has 0 radical (unpaired) electrons. The third-order valence-corrected chi connectivity index (χ3v) is 3.62. The van der Waals surface area contributed by atoms with Gasteiger partial charge in [-0.25, -0.2) is 9.50 Å². The Balaban J connectivity index is 2.28. The van der Waals surface area contributed by atoms with Crippen molar-refractivity contribution in [3.63, 3.8) is 0 Å². The van der Waals surface area contributed by atoms with Crippen LogP contribution in [0.3, 0.4) is 0 Å². The van der Waals surface area contributed by atoms with E-state index in [-0.39, 0.29) is 0 Å². The van der Waals surface area contributed by atoms with Crippen molar-refractivity contribution >= 4 is 17.5 Å². The Morgan fingerprint density at radius 2 is 2.12 bits per heavy atom. The van der Waals surface area contributed by atoms with Crippen molar-refractivity contribution in [3.05, 3.63) is 17.5 Å². The minimum Gasteiger partial charge on any atom is -0.216 e. The van der Waals surface area contributed by atoms with E-state index in [1.165, 1.54) is 12.8 Å². The molecule has 0 saturated carbocycles. The molecule has 4 nitrogen and oxygen atoms in total. The zero-order chi connectivity index (χ0) is 12.4. The summed E-state index contributed by atoms with van der Waals surface area (Å²) in [6.45, 7) is 8.42. The molecule has 17 heavy (non-hydrogen) atoms. The zero-order valence-corrected chi connectivity index (χ0v) is 11.6. The summed E-state index contributed by atoms with van der Waals surface area (Å²) in [5.41, 5.74) is 2.07. The molecule has 2 aromatic heterocycles. The average Bonchev–Trinajstić information content (AvgIpc) is 2.60. The standard InChI is InChI=1S/C12H18N4S/c1-5-6-10(4)17-12-14-11-13-8(2)7-9(3)16(11)15-12/h7,10H,5-6H2,1-4H3/t10-/m1/s1. The van der Waals surface area contributed by atoms with Crippen molar-refractivity contribution in [2.24, 2.45) is 0 Å². The molecule has 0 unspecified atom stereocenters. The first-order valence-corrected chi connectivity index (χ1v) is 6.85. The lowest BCUT2D eigenvalue weighted by Crippen LogP contribution is -1.98. The predicted octanol–water partition coefficient (Wildman–Crippen LogP) is 3.02. The third kappa shape index (κ3) is 2.77. The van der Waals surface area contributed by atoms with Gasteiger partial charge in [0.25, 0.3) is 5.78 Å². The molecule has 92 valence electrons. The topological polar surface area (TPSA) is 43.1 Å². The normalized spacial score (nSPS) is 13.2. The first kappa shape index (κ1) is 12.4. The Labute approximate surface area is 106 Å². The molecule has 0 fully saturated rings. The van der Waals surface area contributed by atoms with Crippen LogP contribution < -0.4 is 0 Å². The van der Waals surface area contributed by atoms with E-state index in [4.69, 9.17) is 0 Å². The molecule has 1 atom stereocenters. The molecule has 0 aliphatic heterocycles. The van der Waals surface area contributed by atoms with Crippen LogP contribution >= 0.6 is 11.8 Å². The van der Waals surface area contributed by atoms with E-state index in [1.807, 2.05) is 24.4 Å². The maximum atomic E-state index is 4.48. The second kappa shape index (κ2) is 5.04. The smallest absolute Gasteiger partial charge is 0.216 e. The fraction of sp³-hybridized carbons (Fsp3) is 0.583. The summed E-state index contributed by atoms with van der Waals surface area (Å²) in [6.07, 6.45) is 2.38. The van der Waals surface area contributed by atoms with E-state index in [2.05, 4.69) is 28.9 Å². The van der Waals surface area contributed by atoms with Crippen molar-refractivity contribution in [2.75, 3.05) is 0 Å². The second-order valence-electron chi connectivity index (χ2n) is 4.36. The molecule has 0 saturated heterocycles. The van der Waals surface area contributed by atoms with Crippen LogP contribution in [-0.2, 0) is 0 Å². The number of rotatable bonds is 4. The van der Waals surface area contributed by atoms with E-state index in [0.29, 0.717) is 11.0 Å². The van der Waals surface area contributed by atoms with Crippen LogP contribution in [0, 0.1) is 13.8 Å². The Hall–Kier alpha value is -1.10. The summed E-state index contributed by atoms with van der Waals surface area (Å²) in [5.74, 6) is 0.702. The number of thioether (sulfide) groups is 1. The minimum atomic E-state index is 0.554. The van der Waals surface area contributed by atoms with E-state index in [9.17, 15) is 0 Å². The van der Waals surface area contributed by atoms with Gasteiger partial charge in [0.15, 0.2) is 0 Å². The van der Waals surface area contributed by atoms with Gasteiger partial charge >= 0.3 is 0 Å². The van der Waals surface area contributed by atoms with Gasteiger partial charge < -0.3 is 0 Å². The van der Waals surface area contributed by atoms with Crippen LogP contribution in [-0.4, -0.2) is 24.8 Å². The summed E-state index contributed by atoms with van der Waals surface area (Å²) in [4.78, 5) is 8.85. The van der Waals surface area contributed by atoms with Crippen LogP contribution in [0.1, 0.15) is 38.1 Å². The maximum Gasteiger partial charge on any atom is 0.253 e. The van der Waals surface area contributed by atoms with E-state index in [0.717, 1.165) is 16.5 Å². The van der Waals surface area contributed by atoms with Crippen molar-refractivity contribution in [1.29, 1.82) is 0 Å². The Morgan fingerprint density at radius 1 is 1.35 bits per heavy atom. The number of fused-ring (bicyclic) bond motifs is 1. The fourth-order valence-corrected chi connectivity index (χ4v) is 2.82. The number of hydrogen-bond acceptors (Lipinski definition) is 4. The summed E-state index contributed by atoms with van der Waals surface area (Å²) >= 11 is 1.73. The highest BCUT2D eigenvalue weighted by Crippen LogP contribution is 2.23. The lowest BCUT2D eigenvalue weighted by Gasteiger charge is -2.04. The Kier molecular flexibility index (Phi) is 3.66. The van der Waals surface area contributed by atoms with E-state index in [1.54, 1.807) is 11.8 Å². The molecule has 0 aliphatic carbocycles. The quantitative estimate of drug-likeness (QED) is 0.782. The molecular weight excluding hydrogens is 232 g/mol. The Bertz CT molecular complexity index is 520. The SMILES string of the molecule is CCC[C@@H](C)Sc1nc2nc(C)cc(C)n2n1. The van der Waals surface area contributed by atoms with Crippen molar-refractivity contribution < 1.29 is 0 Å². The van der Waals surface area contributed by atoms with Gasteiger partial charge in [-0.3, -0.25) is 0 Å². The molecule has 0 amide bonds. The molecule has 0 bridgehead atoms. The average molecular weight is 250 g/mol. The molecule has 5 heteroatoms. The molecule has 0 aliphatic rings. The van der Waals surface area contributed by atoms with Gasteiger partial charge in [-0.1, -0.05) is 32.0 Å². The van der Waals surface area contributed by atoms with Crippen LogP contribution in [0.25, 0.3) is 5.78 Å². The van der Waals surface area contributed by atoms with Gasteiger partial charge in [-0.2, -0.15) is 4.98 Å². The molecule has 2 rings (SSSR count). The Morgan fingerprint density at radius 3 is 2.82 bits per heavy atom. The zero-order valence-electron chi connectivity index (χ0n) is 10.8. The third-order valence-electron chi connectivity index (χ3n) is 2.60. The molecular formula is C12H18N4S. The van der Waals surface area contributed by atoms with Crippen molar-refractivity contribution in [1.82, 2.24) is 19.6 Å². The summed E-state index contributed by atoms with van der Waals surface area (Å²) in [5, 5.41) is 5.86. The fourth-order valence-electron chi connectivity index (χ4n) is 1.84. The molecule has 2 heterocycles. The van der Waals surface area contributed by atoms with Gasteiger partial charge in [0.1, 0.15) is 0 Å². The highest BCUT2D eigenvalue weighted by molar-refractivity contribution is 7.99. The highest BCUT2D eigenvalue weighted by atomic mass is 32.2. The van der Waals surface area contributed by atoms with Crippen LogP contribution in [0.2, 0.25) is 0 Å². The van der Waals surface area contributed by atoms with Gasteiger partial charge in [-0.05, 0) is 26.3 Å². The van der Waals surface area contributed by atoms with Crippen LogP contribution in [0.15, 0.2) is 11.2 Å². The number of aryl methyl sites for hydroxylation is 2. The van der Waals surface area contributed by atoms with Gasteiger partial charge in [0.05, 0.1) is 0 Å². The molecule has 0 aromatic carbocycles. The van der Waals surface area contributed by atoms with Gasteiger partial charge in [-0.15, -0.1) is 5.10 Å². The number of aromatic nitrogens is 4. The molecule has 2 aromatic rings. The lowest BCUT2D eigenvalue weighted by molar-refractivity contribution is 0.779. The summed E-state index contributed by atoms with van der Waals surface area (Å²) < 4.78 is 1.81. The van der Waals surface area contributed by atoms with E-state index >= 15 is 0 Å². The van der Waals surface area contributed by atoms with Crippen molar-refractivity contribution in [2.45, 2.75) is 50.9 Å². The van der Waals surface area contributed by atoms with Gasteiger partial charge in [0, 0.05) is 16.6 Å².